The monoisotopic (exact) mass is 488 g/mol. The number of benzene rings is 1. The molecule has 1 saturated carbocycles. The Balaban J connectivity index is 1.96. The highest BCUT2D eigenvalue weighted by Crippen LogP contribution is 2.36. The van der Waals surface area contributed by atoms with Crippen LogP contribution in [0, 0.1) is 9.49 Å². The van der Waals surface area contributed by atoms with E-state index in [4.69, 9.17) is 18.9 Å². The maximum Gasteiger partial charge on any atom is 0.333 e. The molecule has 0 radical (unpaired) electrons. The number of hydrogen-bond donors (Lipinski definition) is 0. The summed E-state index contributed by atoms with van der Waals surface area (Å²) in [5.74, 6) is 1.47. The van der Waals surface area contributed by atoms with Gasteiger partial charge in [-0.2, -0.15) is 0 Å². The van der Waals surface area contributed by atoms with Crippen LogP contribution < -0.4 is 9.47 Å². The highest BCUT2D eigenvalue weighted by atomic mass is 127. The molecule has 1 aromatic carbocycles. The molecule has 6 heteroatoms. The standard InChI is InChI=1S/C21H29IO5/c1-14(2)21(23)27-15(3)17-10-18(22)20(19(11-17)24-4)26-13-25-12-16-8-6-5-7-9-16/h10-11,15-16H,1,5-9,12-13H2,2-4H3. The molecule has 0 amide bonds. The van der Waals surface area contributed by atoms with E-state index in [1.807, 2.05) is 19.1 Å². The fraction of sp³-hybridized carbons (Fsp3) is 0.571. The zero-order valence-corrected chi connectivity index (χ0v) is 18.5. The predicted octanol–water partition coefficient (Wildman–Crippen LogP) is 5.41. The number of carbonyl (C=O) groups excluding carboxylic acids is 1. The van der Waals surface area contributed by atoms with Crippen LogP contribution in [0.5, 0.6) is 11.5 Å². The summed E-state index contributed by atoms with van der Waals surface area (Å²) in [6, 6.07) is 3.75. The minimum absolute atomic E-state index is 0.197. The van der Waals surface area contributed by atoms with Gasteiger partial charge in [-0.1, -0.05) is 25.8 Å². The average molecular weight is 488 g/mol. The van der Waals surface area contributed by atoms with Crippen molar-refractivity contribution in [2.45, 2.75) is 52.1 Å². The van der Waals surface area contributed by atoms with Crippen molar-refractivity contribution in [2.24, 2.45) is 5.92 Å². The summed E-state index contributed by atoms with van der Waals surface area (Å²) < 4.78 is 23.3. The summed E-state index contributed by atoms with van der Waals surface area (Å²) >= 11 is 2.19. The number of methoxy groups -OCH3 is 1. The topological polar surface area (TPSA) is 54.0 Å². The van der Waals surface area contributed by atoms with E-state index < -0.39 is 12.1 Å². The second-order valence-corrected chi connectivity index (χ2v) is 8.16. The van der Waals surface area contributed by atoms with Crippen molar-refractivity contribution in [2.75, 3.05) is 20.5 Å². The van der Waals surface area contributed by atoms with Crippen molar-refractivity contribution in [1.82, 2.24) is 0 Å². The fourth-order valence-electron chi connectivity index (χ4n) is 3.11. The van der Waals surface area contributed by atoms with Gasteiger partial charge in [-0.25, -0.2) is 4.79 Å². The largest absolute Gasteiger partial charge is 0.493 e. The molecule has 1 unspecified atom stereocenters. The number of ether oxygens (including phenoxy) is 4. The van der Waals surface area contributed by atoms with E-state index in [0.717, 1.165) is 15.7 Å². The Hall–Kier alpha value is -1.28. The Morgan fingerprint density at radius 3 is 2.63 bits per heavy atom. The van der Waals surface area contributed by atoms with Gasteiger partial charge in [0.05, 0.1) is 17.3 Å². The fourth-order valence-corrected chi connectivity index (χ4v) is 3.89. The van der Waals surface area contributed by atoms with Gasteiger partial charge in [-0.15, -0.1) is 0 Å². The van der Waals surface area contributed by atoms with Crippen LogP contribution >= 0.6 is 22.6 Å². The lowest BCUT2D eigenvalue weighted by atomic mass is 9.90. The molecule has 1 aliphatic carbocycles. The maximum atomic E-state index is 11.7. The van der Waals surface area contributed by atoms with Crippen LogP contribution in [0.1, 0.15) is 57.6 Å². The molecule has 150 valence electrons. The van der Waals surface area contributed by atoms with Crippen molar-refractivity contribution in [3.05, 3.63) is 33.4 Å². The molecule has 27 heavy (non-hydrogen) atoms. The zero-order valence-electron chi connectivity index (χ0n) is 16.4. The van der Waals surface area contributed by atoms with Crippen molar-refractivity contribution < 1.29 is 23.7 Å². The number of rotatable bonds is 9. The molecule has 0 saturated heterocycles. The molecule has 1 aliphatic rings. The lowest BCUT2D eigenvalue weighted by Gasteiger charge is -2.22. The first kappa shape index (κ1) is 22.0. The molecule has 1 atom stereocenters. The molecule has 0 spiro atoms. The Labute approximate surface area is 175 Å². The second kappa shape index (κ2) is 10.9. The third-order valence-electron chi connectivity index (χ3n) is 4.72. The molecular weight excluding hydrogens is 459 g/mol. The molecule has 0 bridgehead atoms. The summed E-state index contributed by atoms with van der Waals surface area (Å²) in [5.41, 5.74) is 1.21. The first-order valence-corrected chi connectivity index (χ1v) is 10.4. The Morgan fingerprint density at radius 2 is 2.00 bits per heavy atom. The van der Waals surface area contributed by atoms with E-state index in [1.54, 1.807) is 14.0 Å². The predicted molar refractivity (Wildman–Crippen MR) is 113 cm³/mol. The van der Waals surface area contributed by atoms with Gasteiger partial charge in [-0.3, -0.25) is 0 Å². The van der Waals surface area contributed by atoms with Gasteiger partial charge in [0.1, 0.15) is 6.10 Å². The van der Waals surface area contributed by atoms with Crippen LogP contribution in [-0.2, 0) is 14.3 Å². The maximum absolute atomic E-state index is 11.7. The summed E-state index contributed by atoms with van der Waals surface area (Å²) in [7, 11) is 1.59. The second-order valence-electron chi connectivity index (χ2n) is 7.00. The Morgan fingerprint density at radius 1 is 1.30 bits per heavy atom. The van der Waals surface area contributed by atoms with Gasteiger partial charge in [-0.05, 0) is 72.9 Å². The van der Waals surface area contributed by atoms with Gasteiger partial charge < -0.3 is 18.9 Å². The van der Waals surface area contributed by atoms with E-state index in [2.05, 4.69) is 29.2 Å². The molecule has 0 heterocycles. The van der Waals surface area contributed by atoms with E-state index in [0.29, 0.717) is 23.0 Å². The van der Waals surface area contributed by atoms with Crippen molar-refractivity contribution in [3.8, 4) is 11.5 Å². The van der Waals surface area contributed by atoms with Crippen LogP contribution in [-0.4, -0.2) is 26.5 Å². The van der Waals surface area contributed by atoms with Crippen molar-refractivity contribution >= 4 is 28.6 Å². The summed E-state index contributed by atoms with van der Waals surface area (Å²) in [6.45, 7) is 7.99. The molecule has 2 rings (SSSR count). The van der Waals surface area contributed by atoms with Gasteiger partial charge in [0.25, 0.3) is 0 Å². The number of hydrogen-bond acceptors (Lipinski definition) is 5. The minimum atomic E-state index is -0.409. The Kier molecular flexibility index (Phi) is 8.89. The molecule has 5 nitrogen and oxygen atoms in total. The molecule has 1 fully saturated rings. The first-order chi connectivity index (χ1) is 12.9. The lowest BCUT2D eigenvalue weighted by molar-refractivity contribution is -0.143. The molecular formula is C21H29IO5. The van der Waals surface area contributed by atoms with Crippen LogP contribution in [0.4, 0.5) is 0 Å². The lowest BCUT2D eigenvalue weighted by Crippen LogP contribution is -2.16. The number of esters is 1. The van der Waals surface area contributed by atoms with Crippen LogP contribution in [0.25, 0.3) is 0 Å². The van der Waals surface area contributed by atoms with Gasteiger partial charge in [0, 0.05) is 5.57 Å². The van der Waals surface area contributed by atoms with E-state index in [1.165, 1.54) is 32.1 Å². The average Bonchev–Trinajstić information content (AvgIpc) is 2.66. The quantitative estimate of drug-likeness (QED) is 0.153. The van der Waals surface area contributed by atoms with Crippen LogP contribution in [0.3, 0.4) is 0 Å². The van der Waals surface area contributed by atoms with Gasteiger partial charge >= 0.3 is 5.97 Å². The minimum Gasteiger partial charge on any atom is -0.493 e. The zero-order chi connectivity index (χ0) is 19.8. The third kappa shape index (κ3) is 6.68. The van der Waals surface area contributed by atoms with Crippen LogP contribution in [0.2, 0.25) is 0 Å². The smallest absolute Gasteiger partial charge is 0.333 e. The normalized spacial score (nSPS) is 15.9. The van der Waals surface area contributed by atoms with Crippen LogP contribution in [0.15, 0.2) is 24.3 Å². The molecule has 0 aliphatic heterocycles. The highest BCUT2D eigenvalue weighted by molar-refractivity contribution is 14.1. The number of carbonyl (C=O) groups is 1. The van der Waals surface area contributed by atoms with Gasteiger partial charge in [0.15, 0.2) is 18.3 Å². The Bertz CT molecular complexity index is 652. The summed E-state index contributed by atoms with van der Waals surface area (Å²) in [4.78, 5) is 11.7. The van der Waals surface area contributed by atoms with E-state index in [-0.39, 0.29) is 6.79 Å². The number of halogens is 1. The summed E-state index contributed by atoms with van der Waals surface area (Å²) in [6.07, 6.45) is 6.03. The SMILES string of the molecule is C=C(C)C(=O)OC(C)c1cc(I)c(OCOCC2CCCCC2)c(OC)c1. The van der Waals surface area contributed by atoms with Crippen molar-refractivity contribution in [1.29, 1.82) is 0 Å². The van der Waals surface area contributed by atoms with Gasteiger partial charge in [0.2, 0.25) is 0 Å². The van der Waals surface area contributed by atoms with Crippen molar-refractivity contribution in [3.63, 3.8) is 0 Å². The third-order valence-corrected chi connectivity index (χ3v) is 5.52. The molecule has 0 N–H and O–H groups in total. The molecule has 0 aromatic heterocycles. The molecule has 1 aromatic rings. The summed E-state index contributed by atoms with van der Waals surface area (Å²) in [5, 5.41) is 0. The van der Waals surface area contributed by atoms with E-state index >= 15 is 0 Å². The highest BCUT2D eigenvalue weighted by Gasteiger charge is 2.18. The first-order valence-electron chi connectivity index (χ1n) is 9.36. The van der Waals surface area contributed by atoms with E-state index in [9.17, 15) is 4.79 Å².